The molecule has 0 radical (unpaired) electrons. The van der Waals surface area contributed by atoms with Gasteiger partial charge in [0.05, 0.1) is 22.7 Å². The molecule has 0 aliphatic carbocycles. The molecule has 4 heterocycles. The zero-order valence-corrected chi connectivity index (χ0v) is 17.2. The molecule has 2 aromatic heterocycles. The zero-order chi connectivity index (χ0) is 23.9. The Labute approximate surface area is 184 Å². The number of nitrogens with zero attached hydrogens (tertiary/aromatic N) is 5. The summed E-state index contributed by atoms with van der Waals surface area (Å²) in [6.07, 6.45) is -2.84. The van der Waals surface area contributed by atoms with Gasteiger partial charge in [-0.05, 0) is 25.5 Å². The maximum atomic E-state index is 13.1. The summed E-state index contributed by atoms with van der Waals surface area (Å²) in [6.45, 7) is 1.93. The van der Waals surface area contributed by atoms with Gasteiger partial charge in [0.1, 0.15) is 17.6 Å². The van der Waals surface area contributed by atoms with E-state index in [9.17, 15) is 32.9 Å². The van der Waals surface area contributed by atoms with E-state index in [-0.39, 0.29) is 29.1 Å². The van der Waals surface area contributed by atoms with Crippen LogP contribution in [0, 0.1) is 10.1 Å². The number of carbonyl (C=O) groups excluding carboxylic acids is 2. The quantitative estimate of drug-likeness (QED) is 0.524. The van der Waals surface area contributed by atoms with Crippen LogP contribution in [0.3, 0.4) is 0 Å². The van der Waals surface area contributed by atoms with E-state index in [2.05, 4.69) is 15.3 Å². The van der Waals surface area contributed by atoms with Gasteiger partial charge in [0.25, 0.3) is 11.6 Å². The fraction of sp³-hybridized carbons (Fsp3) is 0.368. The van der Waals surface area contributed by atoms with E-state index in [4.69, 9.17) is 0 Å². The first-order valence-corrected chi connectivity index (χ1v) is 9.89. The number of hydrogen-bond acceptors (Lipinski definition) is 7. The first kappa shape index (κ1) is 22.2. The van der Waals surface area contributed by atoms with Gasteiger partial charge in [0, 0.05) is 25.4 Å². The third kappa shape index (κ3) is 4.36. The van der Waals surface area contributed by atoms with E-state index in [1.165, 1.54) is 29.3 Å². The highest BCUT2D eigenvalue weighted by molar-refractivity contribution is 6.05. The van der Waals surface area contributed by atoms with Crippen LogP contribution in [-0.2, 0) is 0 Å². The monoisotopic (exact) mass is 465 g/mol. The molecule has 2 N–H and O–H groups in total. The average molecular weight is 465 g/mol. The predicted octanol–water partition coefficient (Wildman–Crippen LogP) is 2.70. The van der Waals surface area contributed by atoms with Crippen LogP contribution in [0.2, 0.25) is 0 Å². The lowest BCUT2D eigenvalue weighted by Gasteiger charge is -2.35. The van der Waals surface area contributed by atoms with Crippen molar-refractivity contribution < 1.29 is 27.7 Å². The molecule has 2 aliphatic rings. The van der Waals surface area contributed by atoms with E-state index < -0.39 is 29.1 Å². The number of nitro groups is 1. The van der Waals surface area contributed by atoms with Gasteiger partial charge in [-0.3, -0.25) is 25.1 Å². The van der Waals surface area contributed by atoms with Gasteiger partial charge >= 0.3 is 12.2 Å². The molecule has 2 aromatic rings. The molecule has 174 valence electrons. The zero-order valence-electron chi connectivity index (χ0n) is 17.2. The van der Waals surface area contributed by atoms with Crippen molar-refractivity contribution in [3.05, 3.63) is 46.3 Å². The number of fused-ring (bicyclic) bond motifs is 4. The summed E-state index contributed by atoms with van der Waals surface area (Å²) in [6, 6.07) is 2.04. The van der Waals surface area contributed by atoms with Crippen molar-refractivity contribution in [2.45, 2.75) is 31.6 Å². The molecule has 1 fully saturated rings. The number of anilines is 3. The van der Waals surface area contributed by atoms with Gasteiger partial charge in [-0.15, -0.1) is 0 Å². The first-order valence-electron chi connectivity index (χ1n) is 9.89. The molecule has 3 amide bonds. The number of halogens is 3. The number of carbonyl (C=O) groups is 2. The summed E-state index contributed by atoms with van der Waals surface area (Å²) in [5.74, 6) is -0.973. The normalized spacial score (nSPS) is 17.9. The Kier molecular flexibility index (Phi) is 5.51. The molecule has 0 saturated carbocycles. The maximum absolute atomic E-state index is 13.1. The van der Waals surface area contributed by atoms with Crippen LogP contribution in [0.4, 0.5) is 41.0 Å². The van der Waals surface area contributed by atoms with Gasteiger partial charge in [-0.2, -0.15) is 13.2 Å². The second-order valence-corrected chi connectivity index (χ2v) is 7.62. The molecule has 0 unspecified atom stereocenters. The highest BCUT2D eigenvalue weighted by Gasteiger charge is 2.41. The number of alkyl halides is 3. The van der Waals surface area contributed by atoms with Crippen molar-refractivity contribution in [1.82, 2.24) is 15.3 Å². The molecular weight excluding hydrogens is 447 g/mol. The Bertz CT molecular complexity index is 1130. The van der Waals surface area contributed by atoms with Crippen LogP contribution in [0.25, 0.3) is 0 Å². The highest BCUT2D eigenvalue weighted by atomic mass is 19.4. The third-order valence-electron chi connectivity index (χ3n) is 5.43. The van der Waals surface area contributed by atoms with E-state index in [0.29, 0.717) is 25.2 Å². The van der Waals surface area contributed by atoms with Crippen molar-refractivity contribution >= 4 is 34.9 Å². The molecule has 2 atom stereocenters. The summed E-state index contributed by atoms with van der Waals surface area (Å²) < 4.78 is 38.4. The van der Waals surface area contributed by atoms with Crippen LogP contribution in [-0.4, -0.2) is 58.2 Å². The number of nitrogens with one attached hydrogen (secondary N) is 2. The largest absolute Gasteiger partial charge is 0.408 e. The van der Waals surface area contributed by atoms with E-state index in [0.717, 1.165) is 13.0 Å². The van der Waals surface area contributed by atoms with Crippen LogP contribution < -0.4 is 20.4 Å². The van der Waals surface area contributed by atoms with Crippen LogP contribution >= 0.6 is 0 Å². The number of hydrogen-bond donors (Lipinski definition) is 2. The van der Waals surface area contributed by atoms with E-state index in [1.807, 2.05) is 10.2 Å². The highest BCUT2D eigenvalue weighted by Crippen LogP contribution is 2.39. The number of rotatable bonds is 4. The lowest BCUT2D eigenvalue weighted by Crippen LogP contribution is -2.49. The Morgan fingerprint density at radius 1 is 1.30 bits per heavy atom. The molecule has 1 saturated heterocycles. The van der Waals surface area contributed by atoms with Crippen molar-refractivity contribution in [1.29, 1.82) is 0 Å². The van der Waals surface area contributed by atoms with Gasteiger partial charge in [-0.25, -0.2) is 14.8 Å². The summed E-state index contributed by atoms with van der Waals surface area (Å²) in [7, 11) is 0. The maximum Gasteiger partial charge on any atom is 0.408 e. The standard InChI is InChI=1S/C19H18F3N7O4/c1-10(19(20,21)22)24-17(30)13-2-3-14-16(25-13)28(12-5-7-27(14)9-12)18(31)26-15-8-11(29(32)33)4-6-23-15/h2-4,6,8,10,12H,5,7,9H2,1H3,(H,24,30)(H,23,26,31)/t10-,12+/m1/s1. The van der Waals surface area contributed by atoms with Gasteiger partial charge in [-0.1, -0.05) is 0 Å². The van der Waals surface area contributed by atoms with Gasteiger partial charge < -0.3 is 10.2 Å². The molecule has 0 aromatic carbocycles. The minimum atomic E-state index is -4.62. The SMILES string of the molecule is C[C@@H](NC(=O)c1ccc2c(n1)N(C(=O)Nc1cc([N+](=O)[O-])ccn1)[C@H]1CCN2C1)C(F)(F)F. The predicted molar refractivity (Wildman–Crippen MR) is 110 cm³/mol. The van der Waals surface area contributed by atoms with Crippen molar-refractivity contribution in [2.24, 2.45) is 0 Å². The summed E-state index contributed by atoms with van der Waals surface area (Å²) in [4.78, 5) is 47.2. The fourth-order valence-electron chi connectivity index (χ4n) is 3.72. The summed E-state index contributed by atoms with van der Waals surface area (Å²) in [5.41, 5.74) is 0.00666. The van der Waals surface area contributed by atoms with Crippen LogP contribution in [0.5, 0.6) is 0 Å². The van der Waals surface area contributed by atoms with Crippen LogP contribution in [0.1, 0.15) is 23.8 Å². The van der Waals surface area contributed by atoms with Crippen molar-refractivity contribution in [2.75, 3.05) is 28.2 Å². The van der Waals surface area contributed by atoms with E-state index in [1.54, 1.807) is 0 Å². The van der Waals surface area contributed by atoms with Crippen LogP contribution in [0.15, 0.2) is 30.5 Å². The molecule has 11 nitrogen and oxygen atoms in total. The number of urea groups is 1. The first-order chi connectivity index (χ1) is 15.5. The van der Waals surface area contributed by atoms with Gasteiger partial charge in [0.15, 0.2) is 5.82 Å². The molecule has 14 heteroatoms. The summed E-state index contributed by atoms with van der Waals surface area (Å²) in [5, 5.41) is 15.3. The molecule has 33 heavy (non-hydrogen) atoms. The smallest absolute Gasteiger partial charge is 0.366 e. The van der Waals surface area contributed by atoms with Gasteiger partial charge in [0.2, 0.25) is 0 Å². The lowest BCUT2D eigenvalue weighted by molar-refractivity contribution is -0.384. The fourth-order valence-corrected chi connectivity index (χ4v) is 3.72. The number of aromatic nitrogens is 2. The second kappa shape index (κ2) is 8.18. The van der Waals surface area contributed by atoms with Crippen molar-refractivity contribution in [3.63, 3.8) is 0 Å². The lowest BCUT2D eigenvalue weighted by atomic mass is 10.1. The topological polar surface area (TPSA) is 134 Å². The Morgan fingerprint density at radius 2 is 2.06 bits per heavy atom. The minimum Gasteiger partial charge on any atom is -0.366 e. The number of pyridine rings is 2. The van der Waals surface area contributed by atoms with E-state index >= 15 is 0 Å². The van der Waals surface area contributed by atoms with Crippen molar-refractivity contribution in [3.8, 4) is 0 Å². The second-order valence-electron chi connectivity index (χ2n) is 7.62. The Morgan fingerprint density at radius 3 is 2.76 bits per heavy atom. The molecule has 2 aliphatic heterocycles. The Balaban J connectivity index is 1.62. The molecule has 2 bridgehead atoms. The third-order valence-corrected chi connectivity index (χ3v) is 5.43. The Hall–Kier alpha value is -3.97. The summed E-state index contributed by atoms with van der Waals surface area (Å²) >= 11 is 0. The average Bonchev–Trinajstić information content (AvgIpc) is 3.17. The molecule has 4 rings (SSSR count). The number of amides is 3. The minimum absolute atomic E-state index is 0.0518. The molecular formula is C19H18F3N7O4. The molecule has 0 spiro atoms.